The summed E-state index contributed by atoms with van der Waals surface area (Å²) in [6, 6.07) is 7.46. The van der Waals surface area contributed by atoms with E-state index in [2.05, 4.69) is 5.32 Å². The van der Waals surface area contributed by atoms with Crippen molar-refractivity contribution in [3.8, 4) is 11.5 Å². The van der Waals surface area contributed by atoms with Gasteiger partial charge in [-0.3, -0.25) is 4.79 Å². The van der Waals surface area contributed by atoms with Crippen molar-refractivity contribution in [2.45, 2.75) is 18.4 Å². The van der Waals surface area contributed by atoms with E-state index < -0.39 is 5.38 Å². The van der Waals surface area contributed by atoms with Crippen LogP contribution in [0.25, 0.3) is 0 Å². The number of halogens is 1. The van der Waals surface area contributed by atoms with Gasteiger partial charge in [0.05, 0.1) is 6.54 Å². The largest absolute Gasteiger partial charge is 0.486 e. The molecular weight excluding hydrogens is 242 g/mol. The third-order valence-corrected chi connectivity index (χ3v) is 2.63. The molecule has 1 aromatic rings. The molecule has 1 N–H and O–H groups in total. The van der Waals surface area contributed by atoms with Gasteiger partial charge in [0.15, 0.2) is 11.5 Å². The Morgan fingerprint density at radius 1 is 1.53 bits per heavy atom. The molecule has 0 saturated carbocycles. The predicted octanol–water partition coefficient (Wildman–Crippen LogP) is 1.57. The zero-order valence-corrected chi connectivity index (χ0v) is 10.2. The number of rotatable bonds is 3. The monoisotopic (exact) mass is 255 g/mol. The SMILES string of the molecule is C[C@@H](Cl)C(=O)NC[C@@H]1COc2ccccc2O1. The molecule has 17 heavy (non-hydrogen) atoms. The number of nitrogens with one attached hydrogen (secondary N) is 1. The van der Waals surface area contributed by atoms with Crippen LogP contribution in [0.2, 0.25) is 0 Å². The first-order valence-electron chi connectivity index (χ1n) is 5.47. The minimum absolute atomic E-state index is 0.177. The molecule has 1 aliphatic rings. The van der Waals surface area contributed by atoms with E-state index in [1.165, 1.54) is 0 Å². The molecule has 5 heteroatoms. The second-order valence-electron chi connectivity index (χ2n) is 3.86. The maximum absolute atomic E-state index is 11.3. The van der Waals surface area contributed by atoms with Crippen molar-refractivity contribution >= 4 is 17.5 Å². The van der Waals surface area contributed by atoms with Crippen LogP contribution in [0.15, 0.2) is 24.3 Å². The molecule has 0 spiro atoms. The van der Waals surface area contributed by atoms with Gasteiger partial charge in [-0.25, -0.2) is 0 Å². The van der Waals surface area contributed by atoms with Gasteiger partial charge in [0.2, 0.25) is 5.91 Å². The van der Waals surface area contributed by atoms with Crippen LogP contribution in [-0.2, 0) is 4.79 Å². The molecule has 0 aromatic heterocycles. The van der Waals surface area contributed by atoms with E-state index in [-0.39, 0.29) is 12.0 Å². The van der Waals surface area contributed by atoms with Crippen molar-refractivity contribution in [3.05, 3.63) is 24.3 Å². The van der Waals surface area contributed by atoms with Gasteiger partial charge in [0.1, 0.15) is 18.1 Å². The Morgan fingerprint density at radius 2 is 2.24 bits per heavy atom. The Hall–Kier alpha value is -1.42. The van der Waals surface area contributed by atoms with Crippen LogP contribution in [0.4, 0.5) is 0 Å². The van der Waals surface area contributed by atoms with E-state index in [1.807, 2.05) is 24.3 Å². The van der Waals surface area contributed by atoms with Crippen molar-refractivity contribution in [1.29, 1.82) is 0 Å². The topological polar surface area (TPSA) is 47.6 Å². The Morgan fingerprint density at radius 3 is 2.94 bits per heavy atom. The van der Waals surface area contributed by atoms with E-state index in [0.29, 0.717) is 18.9 Å². The molecule has 1 heterocycles. The molecule has 0 fully saturated rings. The van der Waals surface area contributed by atoms with Crippen molar-refractivity contribution in [3.63, 3.8) is 0 Å². The fraction of sp³-hybridized carbons (Fsp3) is 0.417. The van der Waals surface area contributed by atoms with Crippen LogP contribution in [0.5, 0.6) is 11.5 Å². The first-order chi connectivity index (χ1) is 8.16. The second kappa shape index (κ2) is 5.27. The minimum Gasteiger partial charge on any atom is -0.486 e. The first-order valence-corrected chi connectivity index (χ1v) is 5.90. The van der Waals surface area contributed by atoms with Crippen LogP contribution >= 0.6 is 11.6 Å². The van der Waals surface area contributed by atoms with E-state index >= 15 is 0 Å². The number of carbonyl (C=O) groups is 1. The van der Waals surface area contributed by atoms with Crippen molar-refractivity contribution in [2.75, 3.05) is 13.2 Å². The molecule has 92 valence electrons. The molecular formula is C12H14ClNO3. The number of carbonyl (C=O) groups excluding carboxylic acids is 1. The average molecular weight is 256 g/mol. The zero-order chi connectivity index (χ0) is 12.3. The highest BCUT2D eigenvalue weighted by Crippen LogP contribution is 2.30. The Labute approximate surface area is 105 Å². The smallest absolute Gasteiger partial charge is 0.237 e. The summed E-state index contributed by atoms with van der Waals surface area (Å²) in [5.74, 6) is 1.24. The van der Waals surface area contributed by atoms with Crippen molar-refractivity contribution in [2.24, 2.45) is 0 Å². The second-order valence-corrected chi connectivity index (χ2v) is 4.51. The molecule has 0 unspecified atom stereocenters. The average Bonchev–Trinajstić information content (AvgIpc) is 2.35. The predicted molar refractivity (Wildman–Crippen MR) is 64.7 cm³/mol. The van der Waals surface area contributed by atoms with Gasteiger partial charge in [-0.15, -0.1) is 11.6 Å². The number of alkyl halides is 1. The van der Waals surface area contributed by atoms with Gasteiger partial charge < -0.3 is 14.8 Å². The molecule has 0 aliphatic carbocycles. The van der Waals surface area contributed by atoms with Crippen molar-refractivity contribution in [1.82, 2.24) is 5.32 Å². The number of amides is 1. The van der Waals surface area contributed by atoms with Crippen LogP contribution in [-0.4, -0.2) is 30.5 Å². The lowest BCUT2D eigenvalue weighted by atomic mass is 10.2. The Bertz CT molecular complexity index is 408. The molecule has 4 nitrogen and oxygen atoms in total. The summed E-state index contributed by atoms with van der Waals surface area (Å²) in [6.07, 6.45) is -0.177. The molecule has 0 bridgehead atoms. The molecule has 1 aliphatic heterocycles. The maximum atomic E-state index is 11.3. The summed E-state index contributed by atoms with van der Waals surface area (Å²) in [5, 5.41) is 2.17. The number of fused-ring (bicyclic) bond motifs is 1. The van der Waals surface area contributed by atoms with Crippen LogP contribution in [0, 0.1) is 0 Å². The summed E-state index contributed by atoms with van der Waals surface area (Å²) in [6.45, 7) is 2.45. The van der Waals surface area contributed by atoms with E-state index in [9.17, 15) is 4.79 Å². The van der Waals surface area contributed by atoms with Gasteiger partial charge in [-0.1, -0.05) is 12.1 Å². The third-order valence-electron chi connectivity index (χ3n) is 2.43. The van der Waals surface area contributed by atoms with E-state index in [4.69, 9.17) is 21.1 Å². The lowest BCUT2D eigenvalue weighted by molar-refractivity contribution is -0.120. The van der Waals surface area contributed by atoms with Gasteiger partial charge in [0, 0.05) is 0 Å². The quantitative estimate of drug-likeness (QED) is 0.834. The lowest BCUT2D eigenvalue weighted by Crippen LogP contribution is -2.42. The normalized spacial score (nSPS) is 19.5. The highest BCUT2D eigenvalue weighted by molar-refractivity contribution is 6.30. The highest BCUT2D eigenvalue weighted by atomic mass is 35.5. The van der Waals surface area contributed by atoms with Gasteiger partial charge >= 0.3 is 0 Å². The Kier molecular flexibility index (Phi) is 3.74. The van der Waals surface area contributed by atoms with Crippen molar-refractivity contribution < 1.29 is 14.3 Å². The maximum Gasteiger partial charge on any atom is 0.237 e. The summed E-state index contributed by atoms with van der Waals surface area (Å²) in [5.41, 5.74) is 0. The lowest BCUT2D eigenvalue weighted by Gasteiger charge is -2.26. The highest BCUT2D eigenvalue weighted by Gasteiger charge is 2.21. The first kappa shape index (κ1) is 12.0. The van der Waals surface area contributed by atoms with Gasteiger partial charge in [-0.05, 0) is 19.1 Å². The summed E-state index contributed by atoms with van der Waals surface area (Å²) < 4.78 is 11.2. The molecule has 1 aromatic carbocycles. The molecule has 2 rings (SSSR count). The third kappa shape index (κ3) is 3.03. The number of ether oxygens (including phenoxy) is 2. The number of hydrogen-bond acceptors (Lipinski definition) is 3. The van der Waals surface area contributed by atoms with E-state index in [1.54, 1.807) is 6.92 Å². The molecule has 0 radical (unpaired) electrons. The zero-order valence-electron chi connectivity index (χ0n) is 9.48. The summed E-state index contributed by atoms with van der Waals surface area (Å²) in [4.78, 5) is 11.3. The number of para-hydroxylation sites is 2. The number of benzene rings is 1. The van der Waals surface area contributed by atoms with Gasteiger partial charge in [0.25, 0.3) is 0 Å². The fourth-order valence-corrected chi connectivity index (χ4v) is 1.60. The van der Waals surface area contributed by atoms with Crippen LogP contribution in [0.3, 0.4) is 0 Å². The minimum atomic E-state index is -0.535. The molecule has 2 atom stereocenters. The van der Waals surface area contributed by atoms with Crippen LogP contribution < -0.4 is 14.8 Å². The van der Waals surface area contributed by atoms with Crippen LogP contribution in [0.1, 0.15) is 6.92 Å². The van der Waals surface area contributed by atoms with E-state index in [0.717, 1.165) is 5.75 Å². The fourth-order valence-electron chi connectivity index (χ4n) is 1.52. The summed E-state index contributed by atoms with van der Waals surface area (Å²) >= 11 is 5.64. The number of hydrogen-bond donors (Lipinski definition) is 1. The standard InChI is InChI=1S/C12H14ClNO3/c1-8(13)12(15)14-6-9-7-16-10-4-2-3-5-11(10)17-9/h2-5,8-9H,6-7H2,1H3,(H,14,15)/t8-,9-/m1/s1. The molecule has 0 saturated heterocycles. The summed E-state index contributed by atoms with van der Waals surface area (Å²) in [7, 11) is 0. The molecule has 1 amide bonds. The Balaban J connectivity index is 1.88. The van der Waals surface area contributed by atoms with Gasteiger partial charge in [-0.2, -0.15) is 0 Å².